The van der Waals surface area contributed by atoms with Crippen LogP contribution in [-0.2, 0) is 19.1 Å². The summed E-state index contributed by atoms with van der Waals surface area (Å²) >= 11 is 0. The first-order valence-corrected chi connectivity index (χ1v) is 7.62. The summed E-state index contributed by atoms with van der Waals surface area (Å²) in [6.07, 6.45) is 2.21. The molecule has 2 rings (SSSR count). The van der Waals surface area contributed by atoms with Crippen LogP contribution in [0.25, 0.3) is 0 Å². The van der Waals surface area contributed by atoms with Crippen molar-refractivity contribution < 1.29 is 23.9 Å². The van der Waals surface area contributed by atoms with E-state index in [2.05, 4.69) is 5.32 Å². The van der Waals surface area contributed by atoms with Crippen LogP contribution in [0.15, 0.2) is 0 Å². The van der Waals surface area contributed by atoms with Gasteiger partial charge in [-0.05, 0) is 46.5 Å². The lowest BCUT2D eigenvalue weighted by atomic mass is 9.96. The Balaban J connectivity index is 2.04. The van der Waals surface area contributed by atoms with Crippen molar-refractivity contribution in [2.75, 3.05) is 7.11 Å². The van der Waals surface area contributed by atoms with Gasteiger partial charge in [-0.3, -0.25) is 4.79 Å². The van der Waals surface area contributed by atoms with Crippen LogP contribution in [0.2, 0.25) is 0 Å². The molecular formula is C15H24N2O5. The highest BCUT2D eigenvalue weighted by Crippen LogP contribution is 2.32. The van der Waals surface area contributed by atoms with Crippen molar-refractivity contribution in [1.29, 1.82) is 0 Å². The molecule has 0 aromatic carbocycles. The Kier molecular flexibility index (Phi) is 4.63. The molecule has 2 aliphatic heterocycles. The fourth-order valence-electron chi connectivity index (χ4n) is 3.14. The van der Waals surface area contributed by atoms with E-state index in [4.69, 9.17) is 9.47 Å². The van der Waals surface area contributed by atoms with Gasteiger partial charge in [0, 0.05) is 6.04 Å². The van der Waals surface area contributed by atoms with Crippen molar-refractivity contribution in [2.24, 2.45) is 0 Å². The molecular weight excluding hydrogens is 288 g/mol. The van der Waals surface area contributed by atoms with Crippen molar-refractivity contribution in [3.05, 3.63) is 0 Å². The van der Waals surface area contributed by atoms with Gasteiger partial charge in [-0.15, -0.1) is 0 Å². The second-order valence-electron chi connectivity index (χ2n) is 6.80. The van der Waals surface area contributed by atoms with Gasteiger partial charge in [0.2, 0.25) is 5.91 Å². The van der Waals surface area contributed by atoms with Crippen molar-refractivity contribution >= 4 is 18.0 Å². The van der Waals surface area contributed by atoms with Crippen LogP contribution < -0.4 is 5.32 Å². The average Bonchev–Trinajstić information content (AvgIpc) is 2.72. The molecule has 0 aromatic rings. The molecule has 124 valence electrons. The number of methoxy groups -OCH3 is 1. The SMILES string of the molecule is COC(=O)[C@@H]1CCC[C@H]2C[C@H](NC(=O)OC(C)(C)C)C(=O)N21. The molecule has 22 heavy (non-hydrogen) atoms. The van der Waals surface area contributed by atoms with E-state index in [1.165, 1.54) is 7.11 Å². The van der Waals surface area contributed by atoms with E-state index in [0.717, 1.165) is 12.8 Å². The molecule has 7 heteroatoms. The van der Waals surface area contributed by atoms with Gasteiger partial charge in [-0.1, -0.05) is 0 Å². The molecule has 2 amide bonds. The number of carbonyl (C=O) groups is 3. The zero-order valence-electron chi connectivity index (χ0n) is 13.5. The highest BCUT2D eigenvalue weighted by molar-refractivity contribution is 5.92. The van der Waals surface area contributed by atoms with Crippen molar-refractivity contribution in [3.8, 4) is 0 Å². The summed E-state index contributed by atoms with van der Waals surface area (Å²) in [5, 5.41) is 2.61. The number of hydrogen-bond acceptors (Lipinski definition) is 5. The minimum Gasteiger partial charge on any atom is -0.467 e. The van der Waals surface area contributed by atoms with Crippen LogP contribution in [0.4, 0.5) is 4.79 Å². The van der Waals surface area contributed by atoms with Gasteiger partial charge in [0.05, 0.1) is 7.11 Å². The molecule has 0 unspecified atom stereocenters. The molecule has 2 heterocycles. The standard InChI is InChI=1S/C15H24N2O5/c1-15(2,3)22-14(20)16-10-8-9-6-5-7-11(13(19)21-4)17(9)12(10)18/h9-11H,5-8H2,1-4H3,(H,16,20)/t9-,10-,11-/m0/s1. The second-order valence-corrected chi connectivity index (χ2v) is 6.80. The highest BCUT2D eigenvalue weighted by Gasteiger charge is 2.48. The lowest BCUT2D eigenvalue weighted by Gasteiger charge is -2.35. The van der Waals surface area contributed by atoms with Gasteiger partial charge in [0.25, 0.3) is 0 Å². The van der Waals surface area contributed by atoms with E-state index >= 15 is 0 Å². The van der Waals surface area contributed by atoms with Gasteiger partial charge < -0.3 is 19.7 Å². The maximum atomic E-state index is 12.5. The Morgan fingerprint density at radius 3 is 2.55 bits per heavy atom. The summed E-state index contributed by atoms with van der Waals surface area (Å²) in [6, 6.07) is -1.20. The lowest BCUT2D eigenvalue weighted by molar-refractivity contribution is -0.154. The number of hydrogen-bond donors (Lipinski definition) is 1. The summed E-state index contributed by atoms with van der Waals surface area (Å²) < 4.78 is 9.97. The van der Waals surface area contributed by atoms with E-state index in [1.54, 1.807) is 25.7 Å². The smallest absolute Gasteiger partial charge is 0.408 e. The Hall–Kier alpha value is -1.79. The summed E-state index contributed by atoms with van der Waals surface area (Å²) in [5.41, 5.74) is -0.618. The molecule has 2 aliphatic rings. The Morgan fingerprint density at radius 1 is 1.27 bits per heavy atom. The van der Waals surface area contributed by atoms with Gasteiger partial charge in [-0.25, -0.2) is 9.59 Å². The number of rotatable bonds is 2. The monoisotopic (exact) mass is 312 g/mol. The van der Waals surface area contributed by atoms with Crippen LogP contribution in [0.1, 0.15) is 46.5 Å². The predicted octanol–water partition coefficient (Wildman–Crippen LogP) is 1.21. The van der Waals surface area contributed by atoms with Gasteiger partial charge >= 0.3 is 12.1 Å². The Morgan fingerprint density at radius 2 is 1.95 bits per heavy atom. The third-order valence-electron chi connectivity index (χ3n) is 3.97. The summed E-state index contributed by atoms with van der Waals surface area (Å²) in [7, 11) is 1.32. The van der Waals surface area contributed by atoms with Crippen LogP contribution in [0.3, 0.4) is 0 Å². The molecule has 0 spiro atoms. The third-order valence-corrected chi connectivity index (χ3v) is 3.97. The van der Waals surface area contributed by atoms with E-state index < -0.39 is 29.7 Å². The van der Waals surface area contributed by atoms with Gasteiger partial charge in [0.15, 0.2) is 0 Å². The molecule has 2 fully saturated rings. The number of esters is 1. The average molecular weight is 312 g/mol. The maximum absolute atomic E-state index is 12.5. The molecule has 0 bridgehead atoms. The number of ether oxygens (including phenoxy) is 2. The first-order valence-electron chi connectivity index (χ1n) is 7.62. The number of carbonyl (C=O) groups excluding carboxylic acids is 3. The first-order chi connectivity index (χ1) is 10.2. The van der Waals surface area contributed by atoms with Crippen LogP contribution >= 0.6 is 0 Å². The molecule has 3 atom stereocenters. The van der Waals surface area contributed by atoms with Crippen LogP contribution in [-0.4, -0.2) is 53.7 Å². The summed E-state index contributed by atoms with van der Waals surface area (Å²) in [6.45, 7) is 5.29. The number of fused-ring (bicyclic) bond motifs is 1. The fourth-order valence-corrected chi connectivity index (χ4v) is 3.14. The van der Waals surface area contributed by atoms with E-state index in [-0.39, 0.29) is 11.9 Å². The molecule has 7 nitrogen and oxygen atoms in total. The highest BCUT2D eigenvalue weighted by atomic mass is 16.6. The topological polar surface area (TPSA) is 84.9 Å². The van der Waals surface area contributed by atoms with Crippen molar-refractivity contribution in [3.63, 3.8) is 0 Å². The largest absolute Gasteiger partial charge is 0.467 e. The number of alkyl carbamates (subject to hydrolysis) is 1. The maximum Gasteiger partial charge on any atom is 0.408 e. The molecule has 1 N–H and O–H groups in total. The predicted molar refractivity (Wildman–Crippen MR) is 78.1 cm³/mol. The molecule has 0 radical (unpaired) electrons. The number of amides is 2. The third kappa shape index (κ3) is 3.51. The second kappa shape index (κ2) is 6.14. The molecule has 2 saturated heterocycles. The number of nitrogens with one attached hydrogen (secondary N) is 1. The van der Waals surface area contributed by atoms with Gasteiger partial charge in [-0.2, -0.15) is 0 Å². The minimum absolute atomic E-state index is 0.0229. The van der Waals surface area contributed by atoms with Gasteiger partial charge in [0.1, 0.15) is 17.7 Å². The summed E-state index contributed by atoms with van der Waals surface area (Å²) in [5.74, 6) is -0.623. The summed E-state index contributed by atoms with van der Waals surface area (Å²) in [4.78, 5) is 37.8. The van der Waals surface area contributed by atoms with E-state index in [1.807, 2.05) is 0 Å². The number of nitrogens with zero attached hydrogens (tertiary/aromatic N) is 1. The van der Waals surface area contributed by atoms with Crippen molar-refractivity contribution in [2.45, 2.75) is 70.2 Å². The zero-order valence-corrected chi connectivity index (χ0v) is 13.5. The minimum atomic E-state index is -0.634. The normalized spacial score (nSPS) is 28.1. The van der Waals surface area contributed by atoms with E-state index in [0.29, 0.717) is 12.8 Å². The molecule has 0 saturated carbocycles. The van der Waals surface area contributed by atoms with Crippen molar-refractivity contribution in [1.82, 2.24) is 10.2 Å². The first kappa shape index (κ1) is 16.6. The van der Waals surface area contributed by atoms with E-state index in [9.17, 15) is 14.4 Å². The quantitative estimate of drug-likeness (QED) is 0.775. The fraction of sp³-hybridized carbons (Fsp3) is 0.800. The van der Waals surface area contributed by atoms with Crippen LogP contribution in [0, 0.1) is 0 Å². The molecule has 0 aliphatic carbocycles. The Labute approximate surface area is 130 Å². The molecule has 0 aromatic heterocycles. The number of piperidine rings is 1. The Bertz CT molecular complexity index is 471. The van der Waals surface area contributed by atoms with Crippen LogP contribution in [0.5, 0.6) is 0 Å². The zero-order chi connectivity index (χ0) is 16.5. The lowest BCUT2D eigenvalue weighted by Crippen LogP contribution is -2.51.